The van der Waals surface area contributed by atoms with E-state index in [9.17, 15) is 4.79 Å². The predicted octanol–water partition coefficient (Wildman–Crippen LogP) is 3.24. The van der Waals surface area contributed by atoms with Gasteiger partial charge in [0.15, 0.2) is 0 Å². The second kappa shape index (κ2) is 6.41. The molecule has 0 N–H and O–H groups in total. The lowest BCUT2D eigenvalue weighted by atomic mass is 10.1. The molecular formula is C12H20O2. The van der Waals surface area contributed by atoms with Gasteiger partial charge in [-0.15, -0.1) is 0 Å². The molecule has 2 heteroatoms. The molecule has 0 aliphatic rings. The maximum atomic E-state index is 10.8. The summed E-state index contributed by atoms with van der Waals surface area (Å²) < 4.78 is 5.13. The Morgan fingerprint density at radius 3 is 2.29 bits per heavy atom. The van der Waals surface area contributed by atoms with Crippen LogP contribution < -0.4 is 0 Å². The average molecular weight is 196 g/mol. The van der Waals surface area contributed by atoms with E-state index < -0.39 is 0 Å². The molecule has 0 aromatic rings. The highest BCUT2D eigenvalue weighted by molar-refractivity contribution is 5.66. The van der Waals surface area contributed by atoms with Crippen LogP contribution in [0.1, 0.15) is 40.5 Å². The number of carbonyl (C=O) groups is 1. The van der Waals surface area contributed by atoms with E-state index >= 15 is 0 Å². The zero-order valence-electron chi connectivity index (χ0n) is 9.59. The number of hydrogen-bond acceptors (Lipinski definition) is 2. The van der Waals surface area contributed by atoms with Gasteiger partial charge in [0.2, 0.25) is 0 Å². The van der Waals surface area contributed by atoms with E-state index in [2.05, 4.69) is 26.5 Å². The van der Waals surface area contributed by atoms with Crippen molar-refractivity contribution in [2.75, 3.05) is 0 Å². The Bertz CT molecular complexity index is 235. The number of rotatable bonds is 5. The highest BCUT2D eigenvalue weighted by atomic mass is 16.5. The first-order valence-electron chi connectivity index (χ1n) is 4.89. The number of ether oxygens (including phenoxy) is 1. The van der Waals surface area contributed by atoms with Crippen LogP contribution in [0.4, 0.5) is 0 Å². The van der Waals surface area contributed by atoms with Crippen LogP contribution in [0.25, 0.3) is 0 Å². The van der Waals surface area contributed by atoms with Gasteiger partial charge in [-0.1, -0.05) is 18.2 Å². The summed E-state index contributed by atoms with van der Waals surface area (Å²) in [6.45, 7) is 11.2. The summed E-state index contributed by atoms with van der Waals surface area (Å²) in [5.74, 6) is -0.241. The standard InChI is InChI=1S/C12H20O2/c1-9(2)7-6-8-12(10(3)4)14-11(5)13/h7,12H,3,6,8H2,1-2,4-5H3/t12-/m1/s1. The molecular weight excluding hydrogens is 176 g/mol. The summed E-state index contributed by atoms with van der Waals surface area (Å²) in [4.78, 5) is 10.8. The molecule has 0 aliphatic heterocycles. The second-order valence-electron chi connectivity index (χ2n) is 3.80. The Hall–Kier alpha value is -1.05. The normalized spacial score (nSPS) is 11.7. The monoisotopic (exact) mass is 196 g/mol. The maximum Gasteiger partial charge on any atom is 0.303 e. The molecule has 0 radical (unpaired) electrons. The van der Waals surface area contributed by atoms with Crippen LogP contribution in [-0.4, -0.2) is 12.1 Å². The van der Waals surface area contributed by atoms with Gasteiger partial charge in [-0.2, -0.15) is 0 Å². The molecule has 0 bridgehead atoms. The molecule has 0 saturated carbocycles. The molecule has 2 nitrogen and oxygen atoms in total. The Morgan fingerprint density at radius 1 is 1.36 bits per heavy atom. The van der Waals surface area contributed by atoms with Crippen molar-refractivity contribution >= 4 is 5.97 Å². The Labute approximate surface area is 86.6 Å². The number of allylic oxidation sites excluding steroid dienone is 2. The Morgan fingerprint density at radius 2 is 1.93 bits per heavy atom. The molecule has 0 amide bonds. The van der Waals surface area contributed by atoms with Crippen molar-refractivity contribution in [2.24, 2.45) is 0 Å². The molecule has 0 unspecified atom stereocenters. The summed E-state index contributed by atoms with van der Waals surface area (Å²) >= 11 is 0. The van der Waals surface area contributed by atoms with Gasteiger partial charge >= 0.3 is 5.97 Å². The number of carbonyl (C=O) groups excluding carboxylic acids is 1. The summed E-state index contributed by atoms with van der Waals surface area (Å²) in [7, 11) is 0. The summed E-state index contributed by atoms with van der Waals surface area (Å²) in [5.41, 5.74) is 2.19. The molecule has 0 aliphatic carbocycles. The van der Waals surface area contributed by atoms with Crippen LogP contribution in [-0.2, 0) is 9.53 Å². The summed E-state index contributed by atoms with van der Waals surface area (Å²) in [6, 6.07) is 0. The highest BCUT2D eigenvalue weighted by Gasteiger charge is 2.11. The van der Waals surface area contributed by atoms with E-state index in [-0.39, 0.29) is 12.1 Å². The highest BCUT2D eigenvalue weighted by Crippen LogP contribution is 2.12. The van der Waals surface area contributed by atoms with Gasteiger partial charge in [0, 0.05) is 6.92 Å². The first kappa shape index (κ1) is 12.9. The van der Waals surface area contributed by atoms with Crippen molar-refractivity contribution in [3.8, 4) is 0 Å². The van der Waals surface area contributed by atoms with Gasteiger partial charge in [0.1, 0.15) is 6.10 Å². The minimum atomic E-state index is -0.241. The van der Waals surface area contributed by atoms with Crippen LogP contribution in [0.15, 0.2) is 23.8 Å². The minimum Gasteiger partial charge on any atom is -0.458 e. The smallest absolute Gasteiger partial charge is 0.303 e. The lowest BCUT2D eigenvalue weighted by molar-refractivity contribution is -0.144. The molecule has 80 valence electrons. The van der Waals surface area contributed by atoms with Gasteiger partial charge < -0.3 is 4.74 Å². The van der Waals surface area contributed by atoms with Crippen LogP contribution >= 0.6 is 0 Å². The van der Waals surface area contributed by atoms with Crippen LogP contribution in [0, 0.1) is 0 Å². The molecule has 0 heterocycles. The van der Waals surface area contributed by atoms with Gasteiger partial charge in [-0.25, -0.2) is 0 Å². The predicted molar refractivity (Wildman–Crippen MR) is 59.0 cm³/mol. The number of hydrogen-bond donors (Lipinski definition) is 0. The maximum absolute atomic E-state index is 10.8. The van der Waals surface area contributed by atoms with Crippen molar-refractivity contribution in [1.82, 2.24) is 0 Å². The Balaban J connectivity index is 4.04. The summed E-state index contributed by atoms with van der Waals surface area (Å²) in [6.07, 6.45) is 3.75. The van der Waals surface area contributed by atoms with Gasteiger partial charge in [0.05, 0.1) is 0 Å². The molecule has 1 atom stereocenters. The lowest BCUT2D eigenvalue weighted by Gasteiger charge is -2.15. The van der Waals surface area contributed by atoms with Crippen molar-refractivity contribution in [2.45, 2.75) is 46.6 Å². The number of esters is 1. The fourth-order valence-corrected chi connectivity index (χ4v) is 1.13. The van der Waals surface area contributed by atoms with Crippen molar-refractivity contribution in [3.63, 3.8) is 0 Å². The van der Waals surface area contributed by atoms with Crippen molar-refractivity contribution in [1.29, 1.82) is 0 Å². The van der Waals surface area contributed by atoms with E-state index in [1.807, 2.05) is 6.92 Å². The molecule has 14 heavy (non-hydrogen) atoms. The molecule has 0 spiro atoms. The molecule has 0 aromatic carbocycles. The van der Waals surface area contributed by atoms with Gasteiger partial charge in [-0.3, -0.25) is 4.79 Å². The van der Waals surface area contributed by atoms with E-state index in [1.54, 1.807) is 0 Å². The van der Waals surface area contributed by atoms with Crippen molar-refractivity contribution in [3.05, 3.63) is 23.8 Å². The fourth-order valence-electron chi connectivity index (χ4n) is 1.13. The molecule has 0 fully saturated rings. The first-order chi connectivity index (χ1) is 6.43. The fraction of sp³-hybridized carbons (Fsp3) is 0.583. The summed E-state index contributed by atoms with van der Waals surface area (Å²) in [5, 5.41) is 0. The molecule has 0 rings (SSSR count). The average Bonchev–Trinajstić information content (AvgIpc) is 2.00. The van der Waals surface area contributed by atoms with Gasteiger partial charge in [-0.05, 0) is 39.2 Å². The largest absolute Gasteiger partial charge is 0.458 e. The quantitative estimate of drug-likeness (QED) is 0.498. The van der Waals surface area contributed by atoms with Crippen molar-refractivity contribution < 1.29 is 9.53 Å². The second-order valence-corrected chi connectivity index (χ2v) is 3.80. The topological polar surface area (TPSA) is 26.3 Å². The minimum absolute atomic E-state index is 0.136. The van der Waals surface area contributed by atoms with E-state index in [1.165, 1.54) is 12.5 Å². The van der Waals surface area contributed by atoms with E-state index in [0.717, 1.165) is 18.4 Å². The molecule has 0 aromatic heterocycles. The Kier molecular flexibility index (Phi) is 5.93. The zero-order chi connectivity index (χ0) is 11.1. The third-order valence-electron chi connectivity index (χ3n) is 1.84. The third-order valence-corrected chi connectivity index (χ3v) is 1.84. The molecule has 0 saturated heterocycles. The van der Waals surface area contributed by atoms with Crippen LogP contribution in [0.5, 0.6) is 0 Å². The SMILES string of the molecule is C=C(C)[C@@H](CCC=C(C)C)OC(C)=O. The van der Waals surface area contributed by atoms with Crippen LogP contribution in [0.2, 0.25) is 0 Å². The van der Waals surface area contributed by atoms with Gasteiger partial charge in [0.25, 0.3) is 0 Å². The van der Waals surface area contributed by atoms with Crippen LogP contribution in [0.3, 0.4) is 0 Å². The zero-order valence-corrected chi connectivity index (χ0v) is 9.59. The lowest BCUT2D eigenvalue weighted by Crippen LogP contribution is -2.16. The van der Waals surface area contributed by atoms with E-state index in [0.29, 0.717) is 0 Å². The van der Waals surface area contributed by atoms with E-state index in [4.69, 9.17) is 4.74 Å². The first-order valence-corrected chi connectivity index (χ1v) is 4.89. The third kappa shape index (κ3) is 6.46.